The molecular formula is C5HBrClN3O. The fourth-order valence-corrected chi connectivity index (χ4v) is 1.48. The van der Waals surface area contributed by atoms with Crippen molar-refractivity contribution in [3.63, 3.8) is 0 Å². The van der Waals surface area contributed by atoms with Gasteiger partial charge in [0.25, 0.3) is 5.71 Å². The third-order valence-electron chi connectivity index (χ3n) is 1.18. The second kappa shape index (κ2) is 2.42. The highest BCUT2D eigenvalue weighted by atomic mass is 79.9. The third-order valence-corrected chi connectivity index (χ3v) is 2.01. The number of hydrogen-bond donors (Lipinski definition) is 0. The maximum Gasteiger partial charge on any atom is 0.263 e. The Morgan fingerprint density at radius 1 is 1.45 bits per heavy atom. The van der Waals surface area contributed by atoms with Crippen LogP contribution in [0.15, 0.2) is 15.5 Å². The van der Waals surface area contributed by atoms with Crippen LogP contribution in [-0.4, -0.2) is 15.1 Å². The number of fused-ring (bicyclic) bond motifs is 1. The fraction of sp³-hybridized carbons (Fsp3) is 0. The first-order chi connectivity index (χ1) is 5.29. The lowest BCUT2D eigenvalue weighted by Crippen LogP contribution is -1.78. The summed E-state index contributed by atoms with van der Waals surface area (Å²) in [5.41, 5.74) is 0.386. The Morgan fingerprint density at radius 3 is 3.00 bits per heavy atom. The molecule has 6 heteroatoms. The van der Waals surface area contributed by atoms with Crippen molar-refractivity contribution in [2.75, 3.05) is 0 Å². The molecule has 56 valence electrons. The standard InChI is InChI=1S/C5HBrClN3O/c6-3-2-4(7)8-1-9-5(2)11-10-3/h1H. The third kappa shape index (κ3) is 1.00. The van der Waals surface area contributed by atoms with Crippen molar-refractivity contribution in [3.05, 3.63) is 16.1 Å². The van der Waals surface area contributed by atoms with Gasteiger partial charge in [-0.15, -0.1) is 0 Å². The largest absolute Gasteiger partial charge is 0.334 e. The molecule has 2 heterocycles. The highest BCUT2D eigenvalue weighted by Crippen LogP contribution is 2.26. The molecule has 0 bridgehead atoms. The summed E-state index contributed by atoms with van der Waals surface area (Å²) in [6.45, 7) is 0. The quantitative estimate of drug-likeness (QED) is 0.655. The van der Waals surface area contributed by atoms with Crippen molar-refractivity contribution in [3.8, 4) is 0 Å². The zero-order valence-electron chi connectivity index (χ0n) is 5.08. The Hall–Kier alpha value is -0.680. The predicted molar refractivity (Wildman–Crippen MR) is 42.3 cm³/mol. The molecule has 0 spiro atoms. The van der Waals surface area contributed by atoms with Gasteiger partial charge in [0.15, 0.2) is 4.60 Å². The molecule has 2 aromatic heterocycles. The molecular weight excluding hydrogens is 233 g/mol. The van der Waals surface area contributed by atoms with Crippen LogP contribution in [0.5, 0.6) is 0 Å². The van der Waals surface area contributed by atoms with Crippen LogP contribution in [0.25, 0.3) is 11.1 Å². The van der Waals surface area contributed by atoms with Gasteiger partial charge in [0.05, 0.1) is 0 Å². The highest BCUT2D eigenvalue weighted by molar-refractivity contribution is 9.10. The SMILES string of the molecule is Clc1ncnc2onc(Br)c12. The number of hydrogen-bond acceptors (Lipinski definition) is 4. The molecule has 11 heavy (non-hydrogen) atoms. The molecule has 0 N–H and O–H groups in total. The van der Waals surface area contributed by atoms with Gasteiger partial charge in [-0.2, -0.15) is 4.98 Å². The van der Waals surface area contributed by atoms with E-state index < -0.39 is 0 Å². The van der Waals surface area contributed by atoms with Gasteiger partial charge >= 0.3 is 0 Å². The number of halogens is 2. The average molecular weight is 234 g/mol. The van der Waals surface area contributed by atoms with Crippen molar-refractivity contribution in [1.29, 1.82) is 0 Å². The molecule has 0 radical (unpaired) electrons. The van der Waals surface area contributed by atoms with Crippen LogP contribution in [0.2, 0.25) is 5.15 Å². The Labute approximate surface area is 74.7 Å². The molecule has 2 aromatic rings. The summed E-state index contributed by atoms with van der Waals surface area (Å²) in [7, 11) is 0. The van der Waals surface area contributed by atoms with Crippen molar-refractivity contribution in [2.45, 2.75) is 0 Å². The Kier molecular flexibility index (Phi) is 1.54. The first-order valence-corrected chi connectivity index (χ1v) is 3.87. The van der Waals surface area contributed by atoms with Crippen molar-refractivity contribution in [2.24, 2.45) is 0 Å². The summed E-state index contributed by atoms with van der Waals surface area (Å²) >= 11 is 8.87. The molecule has 0 aliphatic carbocycles. The summed E-state index contributed by atoms with van der Waals surface area (Å²) in [6, 6.07) is 0. The van der Waals surface area contributed by atoms with Gasteiger partial charge in [-0.1, -0.05) is 16.8 Å². The first kappa shape index (κ1) is 7.00. The van der Waals surface area contributed by atoms with E-state index in [1.807, 2.05) is 0 Å². The van der Waals surface area contributed by atoms with Gasteiger partial charge in [-0.05, 0) is 15.9 Å². The lowest BCUT2D eigenvalue weighted by Gasteiger charge is -1.86. The zero-order chi connectivity index (χ0) is 7.84. The molecule has 0 unspecified atom stereocenters. The van der Waals surface area contributed by atoms with E-state index in [0.29, 0.717) is 20.9 Å². The topological polar surface area (TPSA) is 51.8 Å². The molecule has 0 aromatic carbocycles. The van der Waals surface area contributed by atoms with Crippen LogP contribution in [0, 0.1) is 0 Å². The van der Waals surface area contributed by atoms with E-state index in [0.717, 1.165) is 0 Å². The number of aromatic nitrogens is 3. The van der Waals surface area contributed by atoms with Gasteiger partial charge in [0.2, 0.25) is 0 Å². The van der Waals surface area contributed by atoms with Crippen LogP contribution in [0.1, 0.15) is 0 Å². The maximum atomic E-state index is 5.72. The minimum absolute atomic E-state index is 0.336. The normalized spacial score (nSPS) is 10.7. The number of nitrogens with zero attached hydrogens (tertiary/aromatic N) is 3. The number of rotatable bonds is 0. The molecule has 0 aliphatic rings. The molecule has 0 aliphatic heterocycles. The minimum atomic E-state index is 0.336. The average Bonchev–Trinajstić information content (AvgIpc) is 2.34. The first-order valence-electron chi connectivity index (χ1n) is 2.70. The van der Waals surface area contributed by atoms with E-state index in [1.165, 1.54) is 6.33 Å². The van der Waals surface area contributed by atoms with Crippen LogP contribution in [0.3, 0.4) is 0 Å². The van der Waals surface area contributed by atoms with Crippen molar-refractivity contribution in [1.82, 2.24) is 15.1 Å². The Bertz CT molecular complexity index is 402. The van der Waals surface area contributed by atoms with Crippen LogP contribution >= 0.6 is 27.5 Å². The van der Waals surface area contributed by atoms with Crippen molar-refractivity contribution >= 4 is 38.6 Å². The van der Waals surface area contributed by atoms with E-state index in [4.69, 9.17) is 16.1 Å². The zero-order valence-corrected chi connectivity index (χ0v) is 7.43. The van der Waals surface area contributed by atoms with Gasteiger partial charge in [-0.25, -0.2) is 4.98 Å². The summed E-state index contributed by atoms with van der Waals surface area (Å²) < 4.78 is 5.32. The van der Waals surface area contributed by atoms with E-state index in [2.05, 4.69) is 31.1 Å². The maximum absolute atomic E-state index is 5.72. The molecule has 0 atom stereocenters. The summed E-state index contributed by atoms with van der Waals surface area (Å²) in [5, 5.41) is 4.55. The second-order valence-electron chi connectivity index (χ2n) is 1.82. The van der Waals surface area contributed by atoms with Gasteiger partial charge in [-0.3, -0.25) is 0 Å². The van der Waals surface area contributed by atoms with Crippen LogP contribution < -0.4 is 0 Å². The monoisotopic (exact) mass is 233 g/mol. The summed E-state index contributed by atoms with van der Waals surface area (Å²) in [6.07, 6.45) is 1.32. The summed E-state index contributed by atoms with van der Waals surface area (Å²) in [4.78, 5) is 7.57. The molecule has 0 saturated carbocycles. The predicted octanol–water partition coefficient (Wildman–Crippen LogP) is 2.03. The lowest BCUT2D eigenvalue weighted by molar-refractivity contribution is 0.443. The lowest BCUT2D eigenvalue weighted by atomic mass is 10.5. The fourth-order valence-electron chi connectivity index (χ4n) is 0.721. The smallest absolute Gasteiger partial charge is 0.263 e. The van der Waals surface area contributed by atoms with E-state index in [1.54, 1.807) is 0 Å². The highest BCUT2D eigenvalue weighted by Gasteiger charge is 2.10. The molecule has 0 saturated heterocycles. The minimum Gasteiger partial charge on any atom is -0.334 e. The molecule has 2 rings (SSSR count). The van der Waals surface area contributed by atoms with Crippen LogP contribution in [-0.2, 0) is 0 Å². The van der Waals surface area contributed by atoms with Crippen molar-refractivity contribution < 1.29 is 4.52 Å². The summed E-state index contributed by atoms with van der Waals surface area (Å²) in [5.74, 6) is 0. The van der Waals surface area contributed by atoms with Gasteiger partial charge in [0, 0.05) is 0 Å². The van der Waals surface area contributed by atoms with E-state index in [9.17, 15) is 0 Å². The second-order valence-corrected chi connectivity index (χ2v) is 2.93. The van der Waals surface area contributed by atoms with Gasteiger partial charge < -0.3 is 4.52 Å². The molecule has 0 amide bonds. The Balaban J connectivity index is 2.96. The van der Waals surface area contributed by atoms with Gasteiger partial charge in [0.1, 0.15) is 16.9 Å². The molecule has 0 fully saturated rings. The van der Waals surface area contributed by atoms with E-state index >= 15 is 0 Å². The van der Waals surface area contributed by atoms with Crippen LogP contribution in [0.4, 0.5) is 0 Å². The Morgan fingerprint density at radius 2 is 2.27 bits per heavy atom. The van der Waals surface area contributed by atoms with E-state index in [-0.39, 0.29) is 0 Å². The molecule has 4 nitrogen and oxygen atoms in total.